The Bertz CT molecular complexity index is 1430. The highest BCUT2D eigenvalue weighted by Crippen LogP contribution is 2.37. The van der Waals surface area contributed by atoms with E-state index in [0.717, 1.165) is 22.5 Å². The van der Waals surface area contributed by atoms with Crippen LogP contribution in [-0.2, 0) is 27.3 Å². The van der Waals surface area contributed by atoms with Gasteiger partial charge in [0, 0.05) is 37.2 Å². The molecule has 0 fully saturated rings. The van der Waals surface area contributed by atoms with E-state index in [2.05, 4.69) is 6.58 Å². The molecule has 0 radical (unpaired) electrons. The van der Waals surface area contributed by atoms with Crippen molar-refractivity contribution in [3.63, 3.8) is 0 Å². The third-order valence-electron chi connectivity index (χ3n) is 5.38. The van der Waals surface area contributed by atoms with E-state index in [1.165, 1.54) is 49.5 Å². The summed E-state index contributed by atoms with van der Waals surface area (Å²) < 4.78 is 88.3. The van der Waals surface area contributed by atoms with Crippen LogP contribution in [0, 0.1) is 11.6 Å². The number of ether oxygens (including phenoxy) is 1. The van der Waals surface area contributed by atoms with Crippen LogP contribution in [0.15, 0.2) is 78.2 Å². The van der Waals surface area contributed by atoms with Gasteiger partial charge in [0.05, 0.1) is 0 Å². The number of allylic oxidation sites excluding steroid dienone is 1. The lowest BCUT2D eigenvalue weighted by Crippen LogP contribution is -2.27. The fourth-order valence-electron chi connectivity index (χ4n) is 3.57. The van der Waals surface area contributed by atoms with Crippen LogP contribution in [0.5, 0.6) is 5.75 Å². The van der Waals surface area contributed by atoms with Crippen molar-refractivity contribution in [3.8, 4) is 16.9 Å². The minimum Gasteiger partial charge on any atom is -0.481 e. The van der Waals surface area contributed by atoms with E-state index in [9.17, 15) is 30.8 Å². The first-order valence-electron chi connectivity index (χ1n) is 10.8. The van der Waals surface area contributed by atoms with E-state index in [4.69, 9.17) is 9.84 Å². The number of carboxylic acid groups (broad SMARTS) is 1. The molecule has 0 aliphatic carbocycles. The smallest absolute Gasteiger partial charge is 0.341 e. The molecule has 0 atom stereocenters. The van der Waals surface area contributed by atoms with Crippen LogP contribution in [0.25, 0.3) is 11.1 Å². The van der Waals surface area contributed by atoms with Gasteiger partial charge >= 0.3 is 5.97 Å². The lowest BCUT2D eigenvalue weighted by Gasteiger charge is -2.20. The Balaban J connectivity index is 2.01. The molecule has 0 heterocycles. The fourth-order valence-corrected chi connectivity index (χ4v) is 4.77. The first-order chi connectivity index (χ1) is 17.3. The van der Waals surface area contributed by atoms with Crippen LogP contribution in [0.4, 0.5) is 17.6 Å². The normalized spacial score (nSPS) is 11.9. The Morgan fingerprint density at radius 3 is 2.49 bits per heavy atom. The molecule has 3 aromatic rings. The molecular weight excluding hydrogens is 514 g/mol. The summed E-state index contributed by atoms with van der Waals surface area (Å²) in [5.74, 6) is -6.56. The largest absolute Gasteiger partial charge is 0.481 e. The van der Waals surface area contributed by atoms with Crippen molar-refractivity contribution in [2.75, 3.05) is 13.7 Å². The highest BCUT2D eigenvalue weighted by molar-refractivity contribution is 7.89. The Labute approximate surface area is 211 Å². The molecular formula is C26H23F4NO5S. The number of rotatable bonds is 11. The van der Waals surface area contributed by atoms with Gasteiger partial charge in [0.2, 0.25) is 10.0 Å². The second kappa shape index (κ2) is 11.1. The highest BCUT2D eigenvalue weighted by atomic mass is 32.2. The van der Waals surface area contributed by atoms with Gasteiger partial charge in [-0.25, -0.2) is 30.8 Å². The summed E-state index contributed by atoms with van der Waals surface area (Å²) in [5, 5.41) is 9.00. The standard InChI is InChI=1S/C26H23F4NO5S/c1-3-11-26(29,30)19-6-4-5-18(13-19)21-12-17(7-9-23(21)36-16-25(32)33)15-31(2)37(34,35)24-10-8-20(27)14-22(24)28/h3-10,12-14H,1,11,15-16H2,2H3,(H,32,33). The maximum atomic E-state index is 14.5. The van der Waals surface area contributed by atoms with Crippen LogP contribution in [0.1, 0.15) is 17.5 Å². The average Bonchev–Trinajstić information content (AvgIpc) is 2.83. The van der Waals surface area contributed by atoms with Gasteiger partial charge in [-0.15, -0.1) is 6.58 Å². The molecule has 1 N–H and O–H groups in total. The van der Waals surface area contributed by atoms with Crippen molar-refractivity contribution in [2.24, 2.45) is 0 Å². The van der Waals surface area contributed by atoms with Gasteiger partial charge < -0.3 is 9.84 Å². The van der Waals surface area contributed by atoms with Gasteiger partial charge in [-0.3, -0.25) is 0 Å². The molecule has 0 bridgehead atoms. The van der Waals surface area contributed by atoms with E-state index in [-0.39, 0.29) is 29.0 Å². The van der Waals surface area contributed by atoms with E-state index in [0.29, 0.717) is 11.6 Å². The summed E-state index contributed by atoms with van der Waals surface area (Å²) in [6.45, 7) is 2.38. The molecule has 196 valence electrons. The molecule has 37 heavy (non-hydrogen) atoms. The Hall–Kier alpha value is -3.70. The van der Waals surface area contributed by atoms with Crippen molar-refractivity contribution in [3.05, 3.63) is 96.1 Å². The number of sulfonamides is 1. The predicted octanol–water partition coefficient (Wildman–Crippen LogP) is 5.58. The summed E-state index contributed by atoms with van der Waals surface area (Å²) in [7, 11) is -3.15. The van der Waals surface area contributed by atoms with E-state index < -0.39 is 51.5 Å². The van der Waals surface area contributed by atoms with Gasteiger partial charge in [0.1, 0.15) is 22.3 Å². The zero-order valence-electron chi connectivity index (χ0n) is 19.6. The maximum absolute atomic E-state index is 14.5. The molecule has 0 aliphatic rings. The zero-order valence-corrected chi connectivity index (χ0v) is 20.4. The van der Waals surface area contributed by atoms with Crippen molar-refractivity contribution >= 4 is 16.0 Å². The number of aliphatic carboxylic acids is 1. The van der Waals surface area contributed by atoms with E-state index >= 15 is 0 Å². The average molecular weight is 538 g/mol. The van der Waals surface area contributed by atoms with Gasteiger partial charge in [-0.1, -0.05) is 30.3 Å². The summed E-state index contributed by atoms with van der Waals surface area (Å²) in [6.07, 6.45) is 0.496. The summed E-state index contributed by atoms with van der Waals surface area (Å²) >= 11 is 0. The molecule has 3 rings (SSSR count). The number of alkyl halides is 2. The first kappa shape index (κ1) is 27.9. The number of hydrogen-bond donors (Lipinski definition) is 1. The SMILES string of the molecule is C=CCC(F)(F)c1cccc(-c2cc(CN(C)S(=O)(=O)c3ccc(F)cc3F)ccc2OCC(=O)O)c1. The molecule has 6 nitrogen and oxygen atoms in total. The summed E-state index contributed by atoms with van der Waals surface area (Å²) in [5.41, 5.74) is 0.591. The molecule has 3 aromatic carbocycles. The van der Waals surface area contributed by atoms with Crippen LogP contribution in [0.2, 0.25) is 0 Å². The van der Waals surface area contributed by atoms with Gasteiger partial charge in [0.15, 0.2) is 6.61 Å². The predicted molar refractivity (Wildman–Crippen MR) is 129 cm³/mol. The number of carbonyl (C=O) groups is 1. The van der Waals surface area contributed by atoms with Crippen molar-refractivity contribution in [1.29, 1.82) is 0 Å². The molecule has 0 aromatic heterocycles. The number of nitrogens with zero attached hydrogens (tertiary/aromatic N) is 1. The molecule has 0 saturated carbocycles. The summed E-state index contributed by atoms with van der Waals surface area (Å²) in [4.78, 5) is 10.3. The fraction of sp³-hybridized carbons (Fsp3) is 0.192. The Morgan fingerprint density at radius 2 is 1.84 bits per heavy atom. The van der Waals surface area contributed by atoms with Gasteiger partial charge in [0.25, 0.3) is 5.92 Å². The first-order valence-corrected chi connectivity index (χ1v) is 12.3. The van der Waals surface area contributed by atoms with Crippen LogP contribution in [-0.4, -0.2) is 37.5 Å². The molecule has 11 heteroatoms. The van der Waals surface area contributed by atoms with Crippen molar-refractivity contribution in [2.45, 2.75) is 23.8 Å². The number of halogens is 4. The molecule has 0 aliphatic heterocycles. The topological polar surface area (TPSA) is 83.9 Å². The highest BCUT2D eigenvalue weighted by Gasteiger charge is 2.30. The molecule has 0 spiro atoms. The second-order valence-corrected chi connectivity index (χ2v) is 10.1. The number of carboxylic acids is 1. The quantitative estimate of drug-likeness (QED) is 0.255. The Kier molecular flexibility index (Phi) is 8.39. The molecule has 0 amide bonds. The minimum absolute atomic E-state index is 0.0745. The molecule has 0 saturated heterocycles. The van der Waals surface area contributed by atoms with Crippen LogP contribution in [0.3, 0.4) is 0 Å². The molecule has 0 unspecified atom stereocenters. The monoisotopic (exact) mass is 537 g/mol. The van der Waals surface area contributed by atoms with Crippen LogP contribution >= 0.6 is 0 Å². The maximum Gasteiger partial charge on any atom is 0.341 e. The zero-order chi connectivity index (χ0) is 27.4. The van der Waals surface area contributed by atoms with Gasteiger partial charge in [-0.05, 0) is 41.5 Å². The summed E-state index contributed by atoms with van der Waals surface area (Å²) in [6, 6.07) is 11.8. The minimum atomic E-state index is -4.35. The van der Waals surface area contributed by atoms with Crippen molar-refractivity contribution < 1.29 is 40.6 Å². The lowest BCUT2D eigenvalue weighted by atomic mass is 9.97. The lowest BCUT2D eigenvalue weighted by molar-refractivity contribution is -0.139. The van der Waals surface area contributed by atoms with Gasteiger partial charge in [-0.2, -0.15) is 4.31 Å². The number of hydrogen-bond acceptors (Lipinski definition) is 4. The third kappa shape index (κ3) is 6.55. The second-order valence-electron chi connectivity index (χ2n) is 8.13. The van der Waals surface area contributed by atoms with Crippen LogP contribution < -0.4 is 4.74 Å². The van der Waals surface area contributed by atoms with E-state index in [1.807, 2.05) is 0 Å². The third-order valence-corrected chi connectivity index (χ3v) is 7.22. The van der Waals surface area contributed by atoms with Crippen molar-refractivity contribution in [1.82, 2.24) is 4.31 Å². The Morgan fingerprint density at radius 1 is 1.11 bits per heavy atom. The van der Waals surface area contributed by atoms with E-state index in [1.54, 1.807) is 0 Å². The number of benzene rings is 3.